The number of nitrogens with two attached hydrogens (primary N) is 1. The molecular formula is C21H22NO+. The molecule has 0 spiro atoms. The Kier molecular flexibility index (Phi) is 5.07. The minimum atomic E-state index is 0.280. The Morgan fingerprint density at radius 3 is 1.83 bits per heavy atom. The molecule has 3 rings (SSSR count). The van der Waals surface area contributed by atoms with Gasteiger partial charge >= 0.3 is 0 Å². The molecule has 0 aliphatic carbocycles. The third-order valence-electron chi connectivity index (χ3n) is 4.08. The number of methoxy groups -OCH3 is 1. The molecule has 0 heterocycles. The standard InChI is InChI=1S/C21H21NO/c1-23-20-15-9-8-14-19(20)16-22-21(17-10-4-2-5-11-17)18-12-6-3-7-13-18/h2-15,21-22H,16H2,1H3/p+1. The summed E-state index contributed by atoms with van der Waals surface area (Å²) in [5.74, 6) is 0.948. The van der Waals surface area contributed by atoms with Gasteiger partial charge in [-0.1, -0.05) is 72.8 Å². The van der Waals surface area contributed by atoms with E-state index >= 15 is 0 Å². The smallest absolute Gasteiger partial charge is 0.138 e. The first kappa shape index (κ1) is 15.3. The zero-order valence-electron chi connectivity index (χ0n) is 13.4. The predicted octanol–water partition coefficient (Wildman–Crippen LogP) is 3.55. The SMILES string of the molecule is COc1ccccc1C[NH2+]C(c1ccccc1)c1ccccc1. The summed E-state index contributed by atoms with van der Waals surface area (Å²) in [4.78, 5) is 0. The third kappa shape index (κ3) is 3.79. The Labute approximate surface area is 137 Å². The van der Waals surface area contributed by atoms with E-state index in [0.717, 1.165) is 12.3 Å². The van der Waals surface area contributed by atoms with E-state index in [1.807, 2.05) is 12.1 Å². The molecule has 116 valence electrons. The lowest BCUT2D eigenvalue weighted by Gasteiger charge is -2.17. The van der Waals surface area contributed by atoms with Gasteiger partial charge in [0.05, 0.1) is 7.11 Å². The Morgan fingerprint density at radius 2 is 1.26 bits per heavy atom. The number of ether oxygens (including phenoxy) is 1. The molecule has 0 unspecified atom stereocenters. The van der Waals surface area contributed by atoms with Crippen LogP contribution in [0.4, 0.5) is 0 Å². The predicted molar refractivity (Wildman–Crippen MR) is 93.4 cm³/mol. The summed E-state index contributed by atoms with van der Waals surface area (Å²) in [6.07, 6.45) is 0. The molecule has 0 atom stereocenters. The average Bonchev–Trinajstić information content (AvgIpc) is 2.64. The van der Waals surface area contributed by atoms with Crippen LogP contribution in [0, 0.1) is 0 Å². The summed E-state index contributed by atoms with van der Waals surface area (Å²) in [7, 11) is 1.73. The van der Waals surface area contributed by atoms with Gasteiger partial charge in [-0.25, -0.2) is 0 Å². The van der Waals surface area contributed by atoms with Crippen molar-refractivity contribution in [3.8, 4) is 5.75 Å². The van der Waals surface area contributed by atoms with Crippen molar-refractivity contribution < 1.29 is 10.1 Å². The van der Waals surface area contributed by atoms with E-state index in [4.69, 9.17) is 4.74 Å². The van der Waals surface area contributed by atoms with Crippen molar-refractivity contribution in [3.63, 3.8) is 0 Å². The quantitative estimate of drug-likeness (QED) is 0.740. The Morgan fingerprint density at radius 1 is 0.739 bits per heavy atom. The normalized spacial score (nSPS) is 10.7. The molecule has 0 aliphatic heterocycles. The van der Waals surface area contributed by atoms with Crippen molar-refractivity contribution in [1.82, 2.24) is 0 Å². The second-order valence-corrected chi connectivity index (χ2v) is 5.55. The van der Waals surface area contributed by atoms with Crippen molar-refractivity contribution in [2.24, 2.45) is 0 Å². The number of quaternary nitrogens is 1. The lowest BCUT2D eigenvalue weighted by molar-refractivity contribution is -0.702. The minimum absolute atomic E-state index is 0.280. The molecule has 0 bridgehead atoms. The second kappa shape index (κ2) is 7.61. The molecule has 3 aromatic carbocycles. The highest BCUT2D eigenvalue weighted by Crippen LogP contribution is 2.20. The topological polar surface area (TPSA) is 25.8 Å². The van der Waals surface area contributed by atoms with E-state index in [1.165, 1.54) is 16.7 Å². The minimum Gasteiger partial charge on any atom is -0.496 e. The van der Waals surface area contributed by atoms with Crippen molar-refractivity contribution >= 4 is 0 Å². The third-order valence-corrected chi connectivity index (χ3v) is 4.08. The van der Waals surface area contributed by atoms with Gasteiger partial charge in [0.15, 0.2) is 0 Å². The molecule has 0 aromatic heterocycles. The fraction of sp³-hybridized carbons (Fsp3) is 0.143. The molecule has 2 N–H and O–H groups in total. The number of hydrogen-bond acceptors (Lipinski definition) is 1. The number of benzene rings is 3. The number of para-hydroxylation sites is 1. The highest BCUT2D eigenvalue weighted by Gasteiger charge is 2.17. The van der Waals surface area contributed by atoms with E-state index in [-0.39, 0.29) is 6.04 Å². The van der Waals surface area contributed by atoms with Gasteiger partial charge < -0.3 is 10.1 Å². The van der Waals surface area contributed by atoms with Crippen LogP contribution in [0.1, 0.15) is 22.7 Å². The van der Waals surface area contributed by atoms with Crippen molar-refractivity contribution in [2.75, 3.05) is 7.11 Å². The maximum absolute atomic E-state index is 5.47. The summed E-state index contributed by atoms with van der Waals surface area (Å²) in [6, 6.07) is 29.8. The van der Waals surface area contributed by atoms with E-state index in [1.54, 1.807) is 7.11 Å². The molecule has 0 saturated carbocycles. The number of hydrogen-bond donors (Lipinski definition) is 1. The van der Waals surface area contributed by atoms with Crippen LogP contribution in [-0.2, 0) is 6.54 Å². The first-order valence-corrected chi connectivity index (χ1v) is 7.93. The number of rotatable bonds is 6. The van der Waals surface area contributed by atoms with Gasteiger partial charge in [0.25, 0.3) is 0 Å². The Bertz CT molecular complexity index is 686. The highest BCUT2D eigenvalue weighted by molar-refractivity contribution is 5.33. The largest absolute Gasteiger partial charge is 0.496 e. The average molecular weight is 304 g/mol. The molecule has 3 aromatic rings. The fourth-order valence-corrected chi connectivity index (χ4v) is 2.90. The fourth-order valence-electron chi connectivity index (χ4n) is 2.90. The Balaban J connectivity index is 1.85. The van der Waals surface area contributed by atoms with Crippen LogP contribution in [0.3, 0.4) is 0 Å². The summed E-state index contributed by atoms with van der Waals surface area (Å²) in [6.45, 7) is 0.873. The van der Waals surface area contributed by atoms with Gasteiger partial charge in [-0.3, -0.25) is 0 Å². The zero-order chi connectivity index (χ0) is 15.9. The molecule has 23 heavy (non-hydrogen) atoms. The summed E-state index contributed by atoms with van der Waals surface area (Å²) in [5.41, 5.74) is 3.84. The van der Waals surface area contributed by atoms with Crippen LogP contribution >= 0.6 is 0 Å². The van der Waals surface area contributed by atoms with E-state index in [0.29, 0.717) is 0 Å². The lowest BCUT2D eigenvalue weighted by Crippen LogP contribution is -2.83. The van der Waals surface area contributed by atoms with Crippen molar-refractivity contribution in [2.45, 2.75) is 12.6 Å². The van der Waals surface area contributed by atoms with Gasteiger partial charge in [-0.2, -0.15) is 0 Å². The molecule has 0 fully saturated rings. The van der Waals surface area contributed by atoms with E-state index in [2.05, 4.69) is 78.1 Å². The Hall–Kier alpha value is -2.58. The lowest BCUT2D eigenvalue weighted by atomic mass is 9.98. The molecule has 0 aliphatic rings. The molecule has 0 amide bonds. The summed E-state index contributed by atoms with van der Waals surface area (Å²) in [5, 5.41) is 2.36. The van der Waals surface area contributed by atoms with Crippen LogP contribution in [0.25, 0.3) is 0 Å². The van der Waals surface area contributed by atoms with Crippen molar-refractivity contribution in [3.05, 3.63) is 102 Å². The van der Waals surface area contributed by atoms with Gasteiger partial charge in [-0.05, 0) is 12.1 Å². The molecular weight excluding hydrogens is 282 g/mol. The molecule has 2 heteroatoms. The van der Waals surface area contributed by atoms with Gasteiger partial charge in [0.1, 0.15) is 18.3 Å². The van der Waals surface area contributed by atoms with E-state index < -0.39 is 0 Å². The molecule has 0 radical (unpaired) electrons. The first-order chi connectivity index (χ1) is 11.4. The highest BCUT2D eigenvalue weighted by atomic mass is 16.5. The van der Waals surface area contributed by atoms with E-state index in [9.17, 15) is 0 Å². The maximum Gasteiger partial charge on any atom is 0.138 e. The molecule has 0 saturated heterocycles. The maximum atomic E-state index is 5.47. The zero-order valence-corrected chi connectivity index (χ0v) is 13.4. The van der Waals surface area contributed by atoms with Crippen LogP contribution in [0.2, 0.25) is 0 Å². The first-order valence-electron chi connectivity index (χ1n) is 7.93. The van der Waals surface area contributed by atoms with Crippen LogP contribution in [0.5, 0.6) is 5.75 Å². The van der Waals surface area contributed by atoms with Gasteiger partial charge in [0, 0.05) is 16.7 Å². The van der Waals surface area contributed by atoms with Crippen LogP contribution in [-0.4, -0.2) is 7.11 Å². The van der Waals surface area contributed by atoms with Gasteiger partial charge in [-0.15, -0.1) is 0 Å². The second-order valence-electron chi connectivity index (χ2n) is 5.55. The van der Waals surface area contributed by atoms with Gasteiger partial charge in [0.2, 0.25) is 0 Å². The molecule has 2 nitrogen and oxygen atoms in total. The van der Waals surface area contributed by atoms with Crippen LogP contribution < -0.4 is 10.1 Å². The monoisotopic (exact) mass is 304 g/mol. The van der Waals surface area contributed by atoms with Crippen molar-refractivity contribution in [1.29, 1.82) is 0 Å². The van der Waals surface area contributed by atoms with Crippen LogP contribution in [0.15, 0.2) is 84.9 Å². The summed E-state index contributed by atoms with van der Waals surface area (Å²) >= 11 is 0. The summed E-state index contributed by atoms with van der Waals surface area (Å²) < 4.78 is 5.47.